The lowest BCUT2D eigenvalue weighted by Gasteiger charge is -2.52. The predicted molar refractivity (Wildman–Crippen MR) is 53.0 cm³/mol. The average Bonchev–Trinajstić information content (AvgIpc) is 2.18. The molecule has 2 nitrogen and oxygen atoms in total. The Morgan fingerprint density at radius 1 is 1.21 bits per heavy atom. The molecule has 4 fully saturated rings. The van der Waals surface area contributed by atoms with Crippen molar-refractivity contribution in [3.63, 3.8) is 0 Å². The van der Waals surface area contributed by atoms with Crippen LogP contribution in [-0.2, 0) is 9.53 Å². The minimum Gasteiger partial charge on any atom is -0.374 e. The predicted octanol–water partition coefficient (Wildman–Crippen LogP) is 2.31. The second kappa shape index (κ2) is 3.06. The van der Waals surface area contributed by atoms with Crippen molar-refractivity contribution in [1.82, 2.24) is 0 Å². The van der Waals surface area contributed by atoms with Gasteiger partial charge in [-0.15, -0.1) is 0 Å². The van der Waals surface area contributed by atoms with Gasteiger partial charge in [0.1, 0.15) is 5.78 Å². The molecule has 0 aromatic rings. The summed E-state index contributed by atoms with van der Waals surface area (Å²) in [4.78, 5) is 11.5. The van der Waals surface area contributed by atoms with Crippen molar-refractivity contribution < 1.29 is 9.53 Å². The largest absolute Gasteiger partial charge is 0.374 e. The van der Waals surface area contributed by atoms with Gasteiger partial charge in [-0.2, -0.15) is 0 Å². The standard InChI is InChI=1S/C12H18O2/c13-11-5-6-14-12(8-11)7-9-1-3-10(12)4-2-9/h9-10H,1-8H2. The third kappa shape index (κ3) is 1.23. The molecule has 1 heterocycles. The molecule has 0 amide bonds. The summed E-state index contributed by atoms with van der Waals surface area (Å²) in [5, 5.41) is 0. The van der Waals surface area contributed by atoms with Crippen LogP contribution in [0.1, 0.15) is 44.9 Å². The Morgan fingerprint density at radius 3 is 2.57 bits per heavy atom. The van der Waals surface area contributed by atoms with Gasteiger partial charge in [-0.25, -0.2) is 0 Å². The minimum absolute atomic E-state index is 0.00347. The fourth-order valence-corrected chi connectivity index (χ4v) is 3.78. The van der Waals surface area contributed by atoms with E-state index in [9.17, 15) is 4.79 Å². The number of carbonyl (C=O) groups excluding carboxylic acids is 1. The minimum atomic E-state index is -0.00347. The molecular formula is C12H18O2. The van der Waals surface area contributed by atoms with Gasteiger partial charge in [0.15, 0.2) is 0 Å². The molecule has 3 saturated carbocycles. The first-order chi connectivity index (χ1) is 6.78. The molecule has 78 valence electrons. The second-order valence-corrected chi connectivity index (χ2v) is 5.30. The van der Waals surface area contributed by atoms with E-state index in [2.05, 4.69) is 0 Å². The summed E-state index contributed by atoms with van der Waals surface area (Å²) in [7, 11) is 0. The van der Waals surface area contributed by atoms with Crippen LogP contribution < -0.4 is 0 Å². The van der Waals surface area contributed by atoms with Gasteiger partial charge < -0.3 is 4.74 Å². The molecule has 1 unspecified atom stereocenters. The van der Waals surface area contributed by atoms with E-state index in [1.807, 2.05) is 0 Å². The first kappa shape index (κ1) is 8.90. The average molecular weight is 194 g/mol. The zero-order chi connectivity index (χ0) is 9.60. The highest BCUT2D eigenvalue weighted by Gasteiger charge is 2.50. The van der Waals surface area contributed by atoms with Crippen molar-refractivity contribution in [2.75, 3.05) is 6.61 Å². The van der Waals surface area contributed by atoms with E-state index in [1.165, 1.54) is 32.1 Å². The van der Waals surface area contributed by atoms with Gasteiger partial charge in [-0.05, 0) is 43.9 Å². The lowest BCUT2D eigenvalue weighted by molar-refractivity contribution is -0.174. The van der Waals surface area contributed by atoms with Gasteiger partial charge in [0.25, 0.3) is 0 Å². The molecular weight excluding hydrogens is 176 g/mol. The van der Waals surface area contributed by atoms with Crippen molar-refractivity contribution in [1.29, 1.82) is 0 Å². The summed E-state index contributed by atoms with van der Waals surface area (Å²) >= 11 is 0. The highest BCUT2D eigenvalue weighted by atomic mass is 16.5. The van der Waals surface area contributed by atoms with Gasteiger partial charge in [-0.3, -0.25) is 4.79 Å². The van der Waals surface area contributed by atoms with Gasteiger partial charge in [0.05, 0.1) is 12.2 Å². The molecule has 3 aliphatic carbocycles. The molecule has 0 N–H and O–H groups in total. The number of hydrogen-bond acceptors (Lipinski definition) is 2. The third-order valence-electron chi connectivity index (χ3n) is 4.49. The van der Waals surface area contributed by atoms with E-state index in [0.29, 0.717) is 31.1 Å². The summed E-state index contributed by atoms with van der Waals surface area (Å²) < 4.78 is 5.99. The number of ketones is 1. The number of fused-ring (bicyclic) bond motifs is 2. The lowest BCUT2D eigenvalue weighted by Crippen LogP contribution is -2.53. The van der Waals surface area contributed by atoms with E-state index in [4.69, 9.17) is 4.74 Å². The van der Waals surface area contributed by atoms with Gasteiger partial charge in [-0.1, -0.05) is 0 Å². The molecule has 0 aromatic heterocycles. The quantitative estimate of drug-likeness (QED) is 0.591. The zero-order valence-corrected chi connectivity index (χ0v) is 8.63. The topological polar surface area (TPSA) is 26.3 Å². The van der Waals surface area contributed by atoms with Gasteiger partial charge in [0, 0.05) is 12.8 Å². The normalized spacial score (nSPS) is 47.3. The van der Waals surface area contributed by atoms with Crippen LogP contribution in [-0.4, -0.2) is 18.0 Å². The summed E-state index contributed by atoms with van der Waals surface area (Å²) in [5.74, 6) is 1.98. The van der Waals surface area contributed by atoms with E-state index >= 15 is 0 Å². The molecule has 1 atom stereocenters. The van der Waals surface area contributed by atoms with Crippen LogP contribution in [0.2, 0.25) is 0 Å². The number of hydrogen-bond donors (Lipinski definition) is 0. The summed E-state index contributed by atoms with van der Waals surface area (Å²) in [5.41, 5.74) is -0.00347. The Morgan fingerprint density at radius 2 is 2.00 bits per heavy atom. The van der Waals surface area contributed by atoms with Crippen LogP contribution in [0.3, 0.4) is 0 Å². The van der Waals surface area contributed by atoms with Crippen LogP contribution in [0, 0.1) is 11.8 Å². The summed E-state index contributed by atoms with van der Waals surface area (Å²) in [6.45, 7) is 0.683. The Labute approximate surface area is 85.0 Å². The molecule has 2 bridgehead atoms. The van der Waals surface area contributed by atoms with Gasteiger partial charge >= 0.3 is 0 Å². The van der Waals surface area contributed by atoms with Crippen LogP contribution >= 0.6 is 0 Å². The fourth-order valence-electron chi connectivity index (χ4n) is 3.78. The molecule has 1 spiro atoms. The summed E-state index contributed by atoms with van der Waals surface area (Å²) in [6.07, 6.45) is 7.90. The van der Waals surface area contributed by atoms with Crippen LogP contribution in [0.5, 0.6) is 0 Å². The number of Topliss-reactive ketones (excluding diaryl/α,β-unsaturated/α-hetero) is 1. The zero-order valence-electron chi connectivity index (χ0n) is 8.63. The van der Waals surface area contributed by atoms with Crippen LogP contribution in [0.25, 0.3) is 0 Å². The third-order valence-corrected chi connectivity index (χ3v) is 4.49. The first-order valence-corrected chi connectivity index (χ1v) is 5.94. The first-order valence-electron chi connectivity index (χ1n) is 5.94. The Balaban J connectivity index is 1.84. The van der Waals surface area contributed by atoms with E-state index in [0.717, 1.165) is 5.92 Å². The molecule has 4 aliphatic rings. The Hall–Kier alpha value is -0.370. The molecule has 2 heteroatoms. The SMILES string of the molecule is O=C1CCOC2(C1)CC1CCC2CC1. The van der Waals surface area contributed by atoms with E-state index in [-0.39, 0.29) is 5.60 Å². The maximum Gasteiger partial charge on any atom is 0.138 e. The van der Waals surface area contributed by atoms with Crippen molar-refractivity contribution in [3.8, 4) is 0 Å². The monoisotopic (exact) mass is 194 g/mol. The maximum absolute atomic E-state index is 11.5. The Kier molecular flexibility index (Phi) is 1.94. The summed E-state index contributed by atoms with van der Waals surface area (Å²) in [6, 6.07) is 0. The molecule has 1 aliphatic heterocycles. The van der Waals surface area contributed by atoms with Crippen molar-refractivity contribution in [2.45, 2.75) is 50.5 Å². The second-order valence-electron chi connectivity index (χ2n) is 5.30. The van der Waals surface area contributed by atoms with E-state index in [1.54, 1.807) is 0 Å². The van der Waals surface area contributed by atoms with Crippen molar-refractivity contribution >= 4 is 5.78 Å². The van der Waals surface area contributed by atoms with Crippen molar-refractivity contribution in [3.05, 3.63) is 0 Å². The molecule has 1 saturated heterocycles. The molecule has 0 aromatic carbocycles. The number of carbonyl (C=O) groups is 1. The highest BCUT2D eigenvalue weighted by Crippen LogP contribution is 2.51. The number of ether oxygens (including phenoxy) is 1. The molecule has 4 rings (SSSR count). The van der Waals surface area contributed by atoms with E-state index < -0.39 is 0 Å². The Bertz CT molecular complexity index is 253. The van der Waals surface area contributed by atoms with Crippen molar-refractivity contribution in [2.24, 2.45) is 11.8 Å². The van der Waals surface area contributed by atoms with Gasteiger partial charge in [0.2, 0.25) is 0 Å². The fraction of sp³-hybridized carbons (Fsp3) is 0.917. The number of rotatable bonds is 0. The van der Waals surface area contributed by atoms with Crippen LogP contribution in [0.4, 0.5) is 0 Å². The van der Waals surface area contributed by atoms with Crippen LogP contribution in [0.15, 0.2) is 0 Å². The smallest absolute Gasteiger partial charge is 0.138 e. The highest BCUT2D eigenvalue weighted by molar-refractivity contribution is 5.80. The molecule has 0 radical (unpaired) electrons. The lowest BCUT2D eigenvalue weighted by atomic mass is 9.60. The molecule has 14 heavy (non-hydrogen) atoms. The maximum atomic E-state index is 11.5.